The third-order valence-corrected chi connectivity index (χ3v) is 4.72. The van der Waals surface area contributed by atoms with Crippen LogP contribution in [-0.4, -0.2) is 12.6 Å². The van der Waals surface area contributed by atoms with Gasteiger partial charge in [0.1, 0.15) is 0 Å². The minimum atomic E-state index is -0.179. The van der Waals surface area contributed by atoms with Crippen molar-refractivity contribution in [2.45, 2.75) is 91.4 Å². The highest BCUT2D eigenvalue weighted by Gasteiger charge is 2.16. The summed E-state index contributed by atoms with van der Waals surface area (Å²) in [7, 11) is 0. The average molecular weight is 347 g/mol. The normalized spacial score (nSPS) is 12.4. The second kappa shape index (κ2) is 13.0. The minimum absolute atomic E-state index is 0.0976. The second-order valence-electron chi connectivity index (χ2n) is 7.70. The largest absolute Gasteiger partial charge is 0.465 e. The summed E-state index contributed by atoms with van der Waals surface area (Å²) in [5.74, 6) is 0.376. The summed E-state index contributed by atoms with van der Waals surface area (Å²) in [5.41, 5.74) is 2.38. The van der Waals surface area contributed by atoms with Crippen LogP contribution in [0.1, 0.15) is 96.1 Å². The molecule has 0 aromatic heterocycles. The quantitative estimate of drug-likeness (QED) is 0.294. The zero-order valence-corrected chi connectivity index (χ0v) is 16.9. The molecule has 2 heteroatoms. The Kier molecular flexibility index (Phi) is 11.3. The van der Waals surface area contributed by atoms with E-state index in [1.807, 2.05) is 6.92 Å². The van der Waals surface area contributed by atoms with Crippen LogP contribution in [0, 0.1) is 5.92 Å². The SMILES string of the molecule is CCCCCCCCCCOC(=O)[C@@H](C)c1ccc(CC(C)C)cc1. The van der Waals surface area contributed by atoms with Crippen molar-refractivity contribution >= 4 is 5.97 Å². The fourth-order valence-electron chi connectivity index (χ4n) is 3.08. The van der Waals surface area contributed by atoms with Gasteiger partial charge in [-0.3, -0.25) is 4.79 Å². The van der Waals surface area contributed by atoms with Gasteiger partial charge in [0, 0.05) is 0 Å². The van der Waals surface area contributed by atoms with Crippen molar-refractivity contribution < 1.29 is 9.53 Å². The van der Waals surface area contributed by atoms with E-state index in [0.29, 0.717) is 12.5 Å². The smallest absolute Gasteiger partial charge is 0.313 e. The van der Waals surface area contributed by atoms with Crippen LogP contribution in [0.2, 0.25) is 0 Å². The first-order chi connectivity index (χ1) is 12.0. The van der Waals surface area contributed by atoms with Gasteiger partial charge in [-0.25, -0.2) is 0 Å². The Bertz CT molecular complexity index is 461. The predicted molar refractivity (Wildman–Crippen MR) is 107 cm³/mol. The van der Waals surface area contributed by atoms with Crippen LogP contribution >= 0.6 is 0 Å². The molecule has 25 heavy (non-hydrogen) atoms. The molecule has 0 N–H and O–H groups in total. The molecule has 1 atom stereocenters. The Morgan fingerprint density at radius 2 is 1.44 bits per heavy atom. The summed E-state index contributed by atoms with van der Waals surface area (Å²) < 4.78 is 5.46. The summed E-state index contributed by atoms with van der Waals surface area (Å²) in [6, 6.07) is 8.41. The first-order valence-electron chi connectivity index (χ1n) is 10.3. The number of carbonyl (C=O) groups is 1. The molecule has 1 aromatic rings. The van der Waals surface area contributed by atoms with Crippen LogP contribution in [0.4, 0.5) is 0 Å². The van der Waals surface area contributed by atoms with E-state index in [2.05, 4.69) is 45.0 Å². The topological polar surface area (TPSA) is 26.3 Å². The highest BCUT2D eigenvalue weighted by Crippen LogP contribution is 2.19. The maximum atomic E-state index is 12.2. The van der Waals surface area contributed by atoms with Crippen molar-refractivity contribution in [2.75, 3.05) is 6.61 Å². The molecule has 2 nitrogen and oxygen atoms in total. The van der Waals surface area contributed by atoms with E-state index in [-0.39, 0.29) is 11.9 Å². The molecule has 0 spiro atoms. The molecule has 1 rings (SSSR count). The number of carbonyl (C=O) groups excluding carboxylic acids is 1. The second-order valence-corrected chi connectivity index (χ2v) is 7.70. The summed E-state index contributed by atoms with van der Waals surface area (Å²) in [6.07, 6.45) is 11.2. The van der Waals surface area contributed by atoms with E-state index >= 15 is 0 Å². The van der Waals surface area contributed by atoms with Gasteiger partial charge in [0.05, 0.1) is 12.5 Å². The van der Waals surface area contributed by atoms with Crippen molar-refractivity contribution in [1.82, 2.24) is 0 Å². The Morgan fingerprint density at radius 1 is 0.880 bits per heavy atom. The van der Waals surface area contributed by atoms with Crippen molar-refractivity contribution in [3.05, 3.63) is 35.4 Å². The first kappa shape index (κ1) is 21.7. The summed E-state index contributed by atoms with van der Waals surface area (Å²) in [5, 5.41) is 0. The Labute approximate surface area is 155 Å². The third-order valence-electron chi connectivity index (χ3n) is 4.72. The lowest BCUT2D eigenvalue weighted by Gasteiger charge is -2.13. The van der Waals surface area contributed by atoms with E-state index < -0.39 is 0 Å². The van der Waals surface area contributed by atoms with Gasteiger partial charge in [-0.1, -0.05) is 90.0 Å². The van der Waals surface area contributed by atoms with Gasteiger partial charge in [0.15, 0.2) is 0 Å². The molecular weight excluding hydrogens is 308 g/mol. The van der Waals surface area contributed by atoms with Crippen LogP contribution in [0.3, 0.4) is 0 Å². The molecule has 0 bridgehead atoms. The number of unbranched alkanes of at least 4 members (excludes halogenated alkanes) is 7. The predicted octanol–water partition coefficient (Wildman–Crippen LogP) is 6.67. The van der Waals surface area contributed by atoms with E-state index in [4.69, 9.17) is 4.74 Å². The number of ether oxygens (including phenoxy) is 1. The van der Waals surface area contributed by atoms with Crippen LogP contribution in [0.5, 0.6) is 0 Å². The average Bonchev–Trinajstić information content (AvgIpc) is 2.59. The number of benzene rings is 1. The number of hydrogen-bond donors (Lipinski definition) is 0. The molecule has 0 fully saturated rings. The van der Waals surface area contributed by atoms with Gasteiger partial charge in [0.2, 0.25) is 0 Å². The Morgan fingerprint density at radius 3 is 2.00 bits per heavy atom. The lowest BCUT2D eigenvalue weighted by atomic mass is 9.97. The summed E-state index contributed by atoms with van der Waals surface area (Å²) in [4.78, 5) is 12.2. The molecule has 0 amide bonds. The van der Waals surface area contributed by atoms with E-state index in [9.17, 15) is 4.79 Å². The van der Waals surface area contributed by atoms with Crippen molar-refractivity contribution in [2.24, 2.45) is 5.92 Å². The number of rotatable bonds is 13. The maximum absolute atomic E-state index is 12.2. The zero-order chi connectivity index (χ0) is 18.5. The molecule has 0 unspecified atom stereocenters. The zero-order valence-electron chi connectivity index (χ0n) is 16.9. The van der Waals surface area contributed by atoms with Gasteiger partial charge in [0.25, 0.3) is 0 Å². The fraction of sp³-hybridized carbons (Fsp3) is 0.696. The van der Waals surface area contributed by atoms with Gasteiger partial charge in [-0.15, -0.1) is 0 Å². The van der Waals surface area contributed by atoms with Gasteiger partial charge < -0.3 is 4.74 Å². The van der Waals surface area contributed by atoms with Crippen LogP contribution in [-0.2, 0) is 16.0 Å². The summed E-state index contributed by atoms with van der Waals surface area (Å²) >= 11 is 0. The lowest BCUT2D eigenvalue weighted by molar-refractivity contribution is -0.145. The van der Waals surface area contributed by atoms with E-state index in [1.165, 1.54) is 44.1 Å². The minimum Gasteiger partial charge on any atom is -0.465 e. The van der Waals surface area contributed by atoms with Crippen molar-refractivity contribution in [3.8, 4) is 0 Å². The molecule has 0 radical (unpaired) electrons. The highest BCUT2D eigenvalue weighted by molar-refractivity contribution is 5.77. The molecule has 1 aromatic carbocycles. The number of hydrogen-bond acceptors (Lipinski definition) is 2. The number of esters is 1. The van der Waals surface area contributed by atoms with Gasteiger partial charge in [-0.2, -0.15) is 0 Å². The molecule has 0 saturated heterocycles. The molecule has 0 saturated carbocycles. The van der Waals surface area contributed by atoms with Crippen molar-refractivity contribution in [3.63, 3.8) is 0 Å². The van der Waals surface area contributed by atoms with E-state index in [0.717, 1.165) is 24.8 Å². The standard InChI is InChI=1S/C23H38O2/c1-5-6-7-8-9-10-11-12-17-25-23(24)20(4)22-15-13-21(14-16-22)18-19(2)3/h13-16,19-20H,5-12,17-18H2,1-4H3/t20-/m0/s1. The molecule has 0 aliphatic heterocycles. The lowest BCUT2D eigenvalue weighted by Crippen LogP contribution is -2.14. The Hall–Kier alpha value is -1.31. The van der Waals surface area contributed by atoms with Crippen LogP contribution in [0.15, 0.2) is 24.3 Å². The van der Waals surface area contributed by atoms with Gasteiger partial charge in [-0.05, 0) is 36.8 Å². The first-order valence-corrected chi connectivity index (χ1v) is 10.3. The van der Waals surface area contributed by atoms with Crippen LogP contribution < -0.4 is 0 Å². The summed E-state index contributed by atoms with van der Waals surface area (Å²) in [6.45, 7) is 9.19. The van der Waals surface area contributed by atoms with Gasteiger partial charge >= 0.3 is 5.97 Å². The highest BCUT2D eigenvalue weighted by atomic mass is 16.5. The van der Waals surface area contributed by atoms with E-state index in [1.54, 1.807) is 0 Å². The molecular formula is C23H38O2. The third kappa shape index (κ3) is 9.67. The molecule has 0 heterocycles. The van der Waals surface area contributed by atoms with Crippen molar-refractivity contribution in [1.29, 1.82) is 0 Å². The maximum Gasteiger partial charge on any atom is 0.313 e. The molecule has 142 valence electrons. The Balaban J connectivity index is 2.19. The molecule has 0 aliphatic carbocycles. The van der Waals surface area contributed by atoms with Crippen LogP contribution in [0.25, 0.3) is 0 Å². The molecule has 0 aliphatic rings. The monoisotopic (exact) mass is 346 g/mol. The fourth-order valence-corrected chi connectivity index (χ4v) is 3.08.